The first-order chi connectivity index (χ1) is 14.7. The second-order valence-electron chi connectivity index (χ2n) is 8.06. The SMILES string of the molecule is CCNC(=NCCCn1nc2n(c1=O)CCCC2)NC1CCN(c2ccccc2)C1. The van der Waals surface area contributed by atoms with E-state index < -0.39 is 0 Å². The molecule has 162 valence electrons. The molecule has 1 aromatic carbocycles. The fourth-order valence-electron chi connectivity index (χ4n) is 4.27. The molecule has 2 aliphatic rings. The van der Waals surface area contributed by atoms with Crippen molar-refractivity contribution in [3.8, 4) is 0 Å². The first-order valence-corrected chi connectivity index (χ1v) is 11.3. The summed E-state index contributed by atoms with van der Waals surface area (Å²) in [5.41, 5.74) is 1.31. The van der Waals surface area contributed by atoms with E-state index in [1.807, 2.05) is 4.57 Å². The number of hydrogen-bond acceptors (Lipinski definition) is 4. The molecule has 1 aromatic heterocycles. The van der Waals surface area contributed by atoms with Crippen molar-refractivity contribution in [1.29, 1.82) is 0 Å². The van der Waals surface area contributed by atoms with Crippen LogP contribution in [0.4, 0.5) is 5.69 Å². The Kier molecular flexibility index (Phi) is 6.71. The zero-order valence-corrected chi connectivity index (χ0v) is 17.9. The van der Waals surface area contributed by atoms with Gasteiger partial charge < -0.3 is 15.5 Å². The molecule has 1 atom stereocenters. The van der Waals surface area contributed by atoms with E-state index in [-0.39, 0.29) is 5.69 Å². The van der Waals surface area contributed by atoms with Gasteiger partial charge in [-0.15, -0.1) is 0 Å². The summed E-state index contributed by atoms with van der Waals surface area (Å²) in [5.74, 6) is 1.79. The maximum atomic E-state index is 12.4. The summed E-state index contributed by atoms with van der Waals surface area (Å²) >= 11 is 0. The summed E-state index contributed by atoms with van der Waals surface area (Å²) in [7, 11) is 0. The normalized spacial score (nSPS) is 19.0. The predicted molar refractivity (Wildman–Crippen MR) is 120 cm³/mol. The minimum atomic E-state index is 0.0330. The zero-order chi connectivity index (χ0) is 20.8. The Hall–Kier alpha value is -2.77. The zero-order valence-electron chi connectivity index (χ0n) is 17.9. The van der Waals surface area contributed by atoms with Crippen LogP contribution in [0.25, 0.3) is 0 Å². The summed E-state index contributed by atoms with van der Waals surface area (Å²) in [6, 6.07) is 10.9. The number of fused-ring (bicyclic) bond motifs is 1. The topological polar surface area (TPSA) is 79.5 Å². The van der Waals surface area contributed by atoms with Crippen LogP contribution in [0.1, 0.15) is 38.4 Å². The van der Waals surface area contributed by atoms with Gasteiger partial charge in [0.25, 0.3) is 0 Å². The molecular formula is C22H33N7O. The predicted octanol–water partition coefficient (Wildman–Crippen LogP) is 1.61. The largest absolute Gasteiger partial charge is 0.369 e. The standard InChI is InChI=1S/C22H33N7O/c1-2-23-21(25-18-12-16-27(17-18)19-9-4-3-5-10-19)24-13-8-15-29-22(30)28-14-7-6-11-20(28)26-29/h3-5,9-10,18H,2,6-8,11-17H2,1H3,(H2,23,24,25). The number of benzene rings is 1. The van der Waals surface area contributed by atoms with Gasteiger partial charge in [0.15, 0.2) is 5.96 Å². The third-order valence-electron chi connectivity index (χ3n) is 5.82. The number of aryl methyl sites for hydroxylation is 2. The van der Waals surface area contributed by atoms with Crippen LogP contribution < -0.4 is 21.2 Å². The monoisotopic (exact) mass is 411 g/mol. The molecule has 2 N–H and O–H groups in total. The molecule has 1 fully saturated rings. The Labute approximate surface area is 178 Å². The minimum Gasteiger partial charge on any atom is -0.369 e. The summed E-state index contributed by atoms with van der Waals surface area (Å²) < 4.78 is 3.45. The van der Waals surface area contributed by atoms with Crippen LogP contribution in [-0.2, 0) is 19.5 Å². The number of anilines is 1. The molecule has 0 aliphatic carbocycles. The highest BCUT2D eigenvalue weighted by Crippen LogP contribution is 2.19. The summed E-state index contributed by atoms with van der Waals surface area (Å²) in [5, 5.41) is 11.4. The molecular weight excluding hydrogens is 378 g/mol. The van der Waals surface area contributed by atoms with Gasteiger partial charge in [0, 0.05) is 57.4 Å². The minimum absolute atomic E-state index is 0.0330. The quantitative estimate of drug-likeness (QED) is 0.411. The van der Waals surface area contributed by atoms with Gasteiger partial charge in [0.05, 0.1) is 0 Å². The van der Waals surface area contributed by atoms with Crippen LogP contribution >= 0.6 is 0 Å². The number of rotatable bonds is 7. The second kappa shape index (κ2) is 9.82. The summed E-state index contributed by atoms with van der Waals surface area (Å²) in [4.78, 5) is 19.6. The number of nitrogens with zero attached hydrogens (tertiary/aromatic N) is 5. The van der Waals surface area contributed by atoms with Gasteiger partial charge in [0.1, 0.15) is 5.82 Å². The second-order valence-corrected chi connectivity index (χ2v) is 8.06. The van der Waals surface area contributed by atoms with Crippen LogP contribution in [0.3, 0.4) is 0 Å². The number of para-hydroxylation sites is 1. The average Bonchev–Trinajstić information content (AvgIpc) is 3.37. The molecule has 0 spiro atoms. The van der Waals surface area contributed by atoms with E-state index in [1.165, 1.54) is 5.69 Å². The molecule has 0 radical (unpaired) electrons. The van der Waals surface area contributed by atoms with Crippen LogP contribution in [-0.4, -0.2) is 52.5 Å². The van der Waals surface area contributed by atoms with Crippen molar-refractivity contribution in [3.63, 3.8) is 0 Å². The van der Waals surface area contributed by atoms with Crippen molar-refractivity contribution in [2.45, 2.75) is 58.2 Å². The number of aliphatic imine (C=N–C) groups is 1. The van der Waals surface area contributed by atoms with Crippen molar-refractivity contribution in [2.24, 2.45) is 4.99 Å². The highest BCUT2D eigenvalue weighted by Gasteiger charge is 2.23. The third kappa shape index (κ3) is 4.86. The van der Waals surface area contributed by atoms with Crippen molar-refractivity contribution >= 4 is 11.6 Å². The van der Waals surface area contributed by atoms with Gasteiger partial charge in [0.2, 0.25) is 0 Å². The molecule has 8 heteroatoms. The van der Waals surface area contributed by atoms with E-state index in [9.17, 15) is 4.79 Å². The lowest BCUT2D eigenvalue weighted by molar-refractivity contribution is 0.509. The van der Waals surface area contributed by atoms with Gasteiger partial charge in [-0.3, -0.25) is 9.56 Å². The number of guanidine groups is 1. The lowest BCUT2D eigenvalue weighted by Gasteiger charge is -2.20. The molecule has 0 bridgehead atoms. The number of aromatic nitrogens is 3. The van der Waals surface area contributed by atoms with E-state index in [2.05, 4.69) is 57.9 Å². The fraction of sp³-hybridized carbons (Fsp3) is 0.591. The summed E-state index contributed by atoms with van der Waals surface area (Å²) in [6.07, 6.45) is 5.00. The molecule has 0 amide bonds. The highest BCUT2D eigenvalue weighted by molar-refractivity contribution is 5.80. The molecule has 3 heterocycles. The molecule has 4 rings (SSSR count). The van der Waals surface area contributed by atoms with Crippen molar-refractivity contribution in [1.82, 2.24) is 25.0 Å². The van der Waals surface area contributed by atoms with Crippen LogP contribution in [0.15, 0.2) is 40.1 Å². The maximum Gasteiger partial charge on any atom is 0.345 e. The molecule has 8 nitrogen and oxygen atoms in total. The molecule has 1 unspecified atom stereocenters. The maximum absolute atomic E-state index is 12.4. The van der Waals surface area contributed by atoms with Crippen molar-refractivity contribution < 1.29 is 0 Å². The first-order valence-electron chi connectivity index (χ1n) is 11.3. The first kappa shape index (κ1) is 20.5. The van der Waals surface area contributed by atoms with Crippen LogP contribution in [0, 0.1) is 0 Å². The number of nitrogens with one attached hydrogen (secondary N) is 2. The molecule has 0 saturated carbocycles. The van der Waals surface area contributed by atoms with Crippen LogP contribution in [0.2, 0.25) is 0 Å². The Morgan fingerprint density at radius 2 is 2.10 bits per heavy atom. The third-order valence-corrected chi connectivity index (χ3v) is 5.82. The summed E-state index contributed by atoms with van der Waals surface area (Å²) in [6.45, 7) is 7.03. The van der Waals surface area contributed by atoms with E-state index in [0.717, 1.165) is 70.1 Å². The Morgan fingerprint density at radius 1 is 1.23 bits per heavy atom. The molecule has 2 aromatic rings. The van der Waals surface area contributed by atoms with Gasteiger partial charge in [-0.2, -0.15) is 5.10 Å². The number of hydrogen-bond donors (Lipinski definition) is 2. The van der Waals surface area contributed by atoms with E-state index >= 15 is 0 Å². The smallest absolute Gasteiger partial charge is 0.345 e. The van der Waals surface area contributed by atoms with Gasteiger partial charge in [-0.1, -0.05) is 18.2 Å². The van der Waals surface area contributed by atoms with Gasteiger partial charge >= 0.3 is 5.69 Å². The van der Waals surface area contributed by atoms with Crippen LogP contribution in [0.5, 0.6) is 0 Å². The van der Waals surface area contributed by atoms with Gasteiger partial charge in [-0.05, 0) is 44.7 Å². The van der Waals surface area contributed by atoms with Crippen molar-refractivity contribution in [2.75, 3.05) is 31.1 Å². The Morgan fingerprint density at radius 3 is 2.90 bits per heavy atom. The highest BCUT2D eigenvalue weighted by atomic mass is 16.2. The van der Waals surface area contributed by atoms with Gasteiger partial charge in [-0.25, -0.2) is 9.48 Å². The molecule has 2 aliphatic heterocycles. The van der Waals surface area contributed by atoms with Crippen molar-refractivity contribution in [3.05, 3.63) is 46.6 Å². The average molecular weight is 412 g/mol. The lowest BCUT2D eigenvalue weighted by atomic mass is 10.2. The molecule has 30 heavy (non-hydrogen) atoms. The van der Waals surface area contributed by atoms with E-state index in [1.54, 1.807) is 4.68 Å². The fourth-order valence-corrected chi connectivity index (χ4v) is 4.27. The Balaban J connectivity index is 1.28. The van der Waals surface area contributed by atoms with E-state index in [0.29, 0.717) is 19.1 Å². The van der Waals surface area contributed by atoms with E-state index in [4.69, 9.17) is 4.99 Å². The molecule has 1 saturated heterocycles. The Bertz CT molecular complexity index is 902. The lowest BCUT2D eigenvalue weighted by Crippen LogP contribution is -2.44.